The summed E-state index contributed by atoms with van der Waals surface area (Å²) in [5, 5.41) is 12.4. The quantitative estimate of drug-likeness (QED) is 0.365. The second-order valence-electron chi connectivity index (χ2n) is 8.35. The summed E-state index contributed by atoms with van der Waals surface area (Å²) in [5.74, 6) is 1.13. The van der Waals surface area contributed by atoms with Crippen molar-refractivity contribution in [3.63, 3.8) is 0 Å². The average molecular weight is 532 g/mol. The van der Waals surface area contributed by atoms with Gasteiger partial charge in [0.1, 0.15) is 5.82 Å². The minimum atomic E-state index is -0.0752. The van der Waals surface area contributed by atoms with Gasteiger partial charge in [0.05, 0.1) is 17.0 Å². The molecule has 2 aliphatic heterocycles. The van der Waals surface area contributed by atoms with Crippen molar-refractivity contribution >= 4 is 51.0 Å². The fourth-order valence-electron chi connectivity index (χ4n) is 3.87. The smallest absolute Gasteiger partial charge is 0.321 e. The van der Waals surface area contributed by atoms with E-state index in [1.165, 1.54) is 0 Å². The van der Waals surface area contributed by atoms with Crippen LogP contribution in [0.1, 0.15) is 25.7 Å². The maximum absolute atomic E-state index is 12.3. The highest BCUT2D eigenvalue weighted by Gasteiger charge is 2.22. The highest BCUT2D eigenvalue weighted by molar-refractivity contribution is 9.10. The Labute approximate surface area is 207 Å². The first-order valence-corrected chi connectivity index (χ1v) is 12.4. The number of likely N-dealkylation sites (tertiary alicyclic amines) is 1. The third-order valence-corrected chi connectivity index (χ3v) is 6.33. The number of nitrogens with zero attached hydrogens (tertiary/aromatic N) is 3. The third kappa shape index (κ3) is 6.80. The summed E-state index contributed by atoms with van der Waals surface area (Å²) < 4.78 is 6.00. The number of hydrogen-bond donors (Lipinski definition) is 4. The summed E-state index contributed by atoms with van der Waals surface area (Å²) >= 11 is 3.47. The number of halogens is 1. The molecule has 4 N–H and O–H groups in total. The van der Waals surface area contributed by atoms with Crippen LogP contribution in [0.4, 0.5) is 27.9 Å². The lowest BCUT2D eigenvalue weighted by Crippen LogP contribution is -2.32. The van der Waals surface area contributed by atoms with Crippen molar-refractivity contribution in [1.29, 1.82) is 0 Å². The molecule has 0 aliphatic carbocycles. The van der Waals surface area contributed by atoms with E-state index in [-0.39, 0.29) is 17.9 Å². The molecule has 3 heterocycles. The highest BCUT2D eigenvalue weighted by atomic mass is 79.9. The Morgan fingerprint density at radius 1 is 1.18 bits per heavy atom. The van der Waals surface area contributed by atoms with Crippen LogP contribution in [0.3, 0.4) is 0 Å². The Kier molecular flexibility index (Phi) is 8.53. The van der Waals surface area contributed by atoms with Gasteiger partial charge in [0, 0.05) is 50.4 Å². The van der Waals surface area contributed by atoms with E-state index in [2.05, 4.69) is 47.2 Å². The molecule has 1 unspecified atom stereocenters. The summed E-state index contributed by atoms with van der Waals surface area (Å²) in [5.41, 5.74) is 1.48. The van der Waals surface area contributed by atoms with E-state index in [9.17, 15) is 9.59 Å². The zero-order chi connectivity index (χ0) is 23.8. The molecule has 0 spiro atoms. The normalized spacial score (nSPS) is 17.4. The lowest BCUT2D eigenvalue weighted by atomic mass is 10.1. The third-order valence-electron chi connectivity index (χ3n) is 5.75. The van der Waals surface area contributed by atoms with Crippen LogP contribution in [0.15, 0.2) is 34.9 Å². The molecule has 3 amide bonds. The molecule has 34 heavy (non-hydrogen) atoms. The van der Waals surface area contributed by atoms with Crippen LogP contribution < -0.4 is 21.3 Å². The van der Waals surface area contributed by atoms with E-state index >= 15 is 0 Å². The van der Waals surface area contributed by atoms with Gasteiger partial charge in [0.25, 0.3) is 0 Å². The highest BCUT2D eigenvalue weighted by Crippen LogP contribution is 2.23. The zero-order valence-corrected chi connectivity index (χ0v) is 20.6. The van der Waals surface area contributed by atoms with Gasteiger partial charge in [-0.05, 0) is 59.8 Å². The lowest BCUT2D eigenvalue weighted by Gasteiger charge is -2.16. The van der Waals surface area contributed by atoms with Gasteiger partial charge in [-0.2, -0.15) is 4.98 Å². The van der Waals surface area contributed by atoms with Crippen molar-refractivity contribution in [1.82, 2.24) is 20.2 Å². The molecular weight excluding hydrogens is 502 g/mol. The Balaban J connectivity index is 1.26. The second-order valence-corrected chi connectivity index (χ2v) is 9.21. The number of ether oxygens (including phenoxy) is 1. The van der Waals surface area contributed by atoms with Crippen molar-refractivity contribution in [3.05, 3.63) is 34.9 Å². The first-order chi connectivity index (χ1) is 16.6. The van der Waals surface area contributed by atoms with Gasteiger partial charge in [0.2, 0.25) is 11.9 Å². The molecule has 182 valence electrons. The van der Waals surface area contributed by atoms with Crippen LogP contribution in [-0.2, 0) is 9.53 Å². The number of urea groups is 1. The number of carbonyl (C=O) groups excluding carboxylic acids is 2. The minimum absolute atomic E-state index is 0.0235. The first-order valence-electron chi connectivity index (χ1n) is 11.6. The van der Waals surface area contributed by atoms with E-state index in [0.717, 1.165) is 48.9 Å². The minimum Gasteiger partial charge on any atom is -0.381 e. The van der Waals surface area contributed by atoms with E-state index < -0.39 is 0 Å². The Hall–Kier alpha value is -2.92. The molecule has 1 atom stereocenters. The molecule has 4 rings (SSSR count). The van der Waals surface area contributed by atoms with Crippen molar-refractivity contribution in [3.8, 4) is 0 Å². The predicted molar refractivity (Wildman–Crippen MR) is 134 cm³/mol. The van der Waals surface area contributed by atoms with E-state index in [0.29, 0.717) is 43.8 Å². The Morgan fingerprint density at radius 3 is 2.79 bits per heavy atom. The van der Waals surface area contributed by atoms with Crippen LogP contribution in [0.5, 0.6) is 0 Å². The number of benzene rings is 1. The van der Waals surface area contributed by atoms with Gasteiger partial charge in [-0.15, -0.1) is 0 Å². The van der Waals surface area contributed by atoms with Crippen LogP contribution in [0.2, 0.25) is 0 Å². The fourth-order valence-corrected chi connectivity index (χ4v) is 4.20. The van der Waals surface area contributed by atoms with Crippen molar-refractivity contribution < 1.29 is 14.3 Å². The number of aromatic nitrogens is 2. The van der Waals surface area contributed by atoms with E-state index in [1.54, 1.807) is 6.20 Å². The number of anilines is 4. The molecule has 0 bridgehead atoms. The molecular formula is C23H30BrN7O3. The van der Waals surface area contributed by atoms with Crippen molar-refractivity contribution in [2.75, 3.05) is 55.3 Å². The molecule has 2 aromatic rings. The molecule has 1 aromatic heterocycles. The summed E-state index contributed by atoms with van der Waals surface area (Å²) in [6.45, 7) is 4.01. The van der Waals surface area contributed by atoms with Gasteiger partial charge in [-0.3, -0.25) is 4.79 Å². The Bertz CT molecular complexity index is 994. The second kappa shape index (κ2) is 12.0. The van der Waals surface area contributed by atoms with E-state index in [1.807, 2.05) is 29.2 Å². The standard InChI is InChI=1S/C23H30BrN7O3/c24-19-14-27-22(30-20(19)25-8-4-9-26-21(32)16-7-12-34-15-16)28-17-5-3-6-18(13-17)29-23(33)31-10-1-2-11-31/h3,5-6,13-14,16H,1-2,4,7-12,15H2,(H,26,32)(H,29,33)(H2,25,27,28,30). The monoisotopic (exact) mass is 531 g/mol. The molecule has 2 saturated heterocycles. The number of hydrogen-bond acceptors (Lipinski definition) is 7. The van der Waals surface area contributed by atoms with Crippen LogP contribution >= 0.6 is 15.9 Å². The van der Waals surface area contributed by atoms with Gasteiger partial charge in [-0.1, -0.05) is 6.07 Å². The predicted octanol–water partition coefficient (Wildman–Crippen LogP) is 3.57. The largest absolute Gasteiger partial charge is 0.381 e. The molecule has 10 nitrogen and oxygen atoms in total. The number of rotatable bonds is 9. The van der Waals surface area contributed by atoms with Crippen LogP contribution in [-0.4, -0.2) is 66.2 Å². The summed E-state index contributed by atoms with van der Waals surface area (Å²) in [7, 11) is 0. The van der Waals surface area contributed by atoms with Gasteiger partial charge < -0.3 is 30.9 Å². The summed E-state index contributed by atoms with van der Waals surface area (Å²) in [6, 6.07) is 7.39. The SMILES string of the molecule is O=C(NCCCNc1nc(Nc2cccc(NC(=O)N3CCCC3)c2)ncc1Br)C1CCOC1. The van der Waals surface area contributed by atoms with Crippen molar-refractivity contribution in [2.24, 2.45) is 5.92 Å². The van der Waals surface area contributed by atoms with Gasteiger partial charge in [0.15, 0.2) is 0 Å². The van der Waals surface area contributed by atoms with Crippen LogP contribution in [0, 0.1) is 5.92 Å². The number of nitrogens with one attached hydrogen (secondary N) is 4. The fraction of sp³-hybridized carbons (Fsp3) is 0.478. The topological polar surface area (TPSA) is 121 Å². The molecule has 11 heteroatoms. The van der Waals surface area contributed by atoms with Crippen molar-refractivity contribution in [2.45, 2.75) is 25.7 Å². The first kappa shape index (κ1) is 24.2. The van der Waals surface area contributed by atoms with E-state index in [4.69, 9.17) is 4.74 Å². The average Bonchev–Trinajstić information content (AvgIpc) is 3.56. The Morgan fingerprint density at radius 2 is 2.00 bits per heavy atom. The molecule has 0 saturated carbocycles. The lowest BCUT2D eigenvalue weighted by molar-refractivity contribution is -0.124. The molecule has 0 radical (unpaired) electrons. The zero-order valence-electron chi connectivity index (χ0n) is 19.0. The molecule has 1 aromatic carbocycles. The van der Waals surface area contributed by atoms with Gasteiger partial charge in [-0.25, -0.2) is 9.78 Å². The number of carbonyl (C=O) groups is 2. The van der Waals surface area contributed by atoms with Gasteiger partial charge >= 0.3 is 6.03 Å². The molecule has 2 aliphatic rings. The summed E-state index contributed by atoms with van der Waals surface area (Å²) in [4.78, 5) is 35.1. The maximum atomic E-state index is 12.3. The number of amides is 3. The molecule has 2 fully saturated rings. The summed E-state index contributed by atoms with van der Waals surface area (Å²) in [6.07, 6.45) is 5.34. The maximum Gasteiger partial charge on any atom is 0.321 e. The van der Waals surface area contributed by atoms with Crippen LogP contribution in [0.25, 0.3) is 0 Å².